The fraction of sp³-hybridized carbons (Fsp3) is 0.444. The lowest BCUT2D eigenvalue weighted by molar-refractivity contribution is 0.169. The minimum Gasteiger partial charge on any atom is -0.364 e. The minimum absolute atomic E-state index is 0.783. The Bertz CT molecular complexity index is 681. The summed E-state index contributed by atoms with van der Waals surface area (Å²) in [5.74, 6) is 0.961. The van der Waals surface area contributed by atoms with Crippen molar-refractivity contribution in [3.63, 3.8) is 0 Å². The first-order valence-corrected chi connectivity index (χ1v) is 8.94. The zero-order valence-electron chi connectivity index (χ0n) is 14.5. The van der Waals surface area contributed by atoms with E-state index in [9.17, 15) is 0 Å². The second kappa shape index (κ2) is 8.87. The van der Waals surface area contributed by atoms with Gasteiger partial charge in [-0.2, -0.15) is 0 Å². The van der Waals surface area contributed by atoms with Gasteiger partial charge < -0.3 is 14.7 Å². The zero-order valence-corrected chi connectivity index (χ0v) is 15.2. The molecule has 0 amide bonds. The van der Waals surface area contributed by atoms with Crippen molar-refractivity contribution in [2.45, 2.75) is 13.0 Å². The molecule has 0 radical (unpaired) electrons. The van der Waals surface area contributed by atoms with Crippen molar-refractivity contribution in [3.05, 3.63) is 52.9 Å². The lowest BCUT2D eigenvalue weighted by Crippen LogP contribution is -2.52. The Hall–Kier alpha value is -2.05. The summed E-state index contributed by atoms with van der Waals surface area (Å²) in [6.07, 6.45) is 2.54. The van der Waals surface area contributed by atoms with E-state index < -0.39 is 0 Å². The summed E-state index contributed by atoms with van der Waals surface area (Å²) >= 11 is 6.03. The van der Waals surface area contributed by atoms with Crippen molar-refractivity contribution in [2.75, 3.05) is 39.8 Å². The molecular formula is C18H24ClN5O. The highest BCUT2D eigenvalue weighted by atomic mass is 35.5. The van der Waals surface area contributed by atoms with Crippen LogP contribution in [-0.2, 0) is 13.0 Å². The molecule has 1 aromatic heterocycles. The number of hydrogen-bond acceptors (Lipinski definition) is 4. The van der Waals surface area contributed by atoms with Crippen molar-refractivity contribution >= 4 is 17.6 Å². The Kier molecular flexibility index (Phi) is 6.30. The van der Waals surface area contributed by atoms with E-state index in [1.165, 1.54) is 5.56 Å². The molecule has 0 atom stereocenters. The largest absolute Gasteiger partial charge is 0.364 e. The van der Waals surface area contributed by atoms with Gasteiger partial charge >= 0.3 is 0 Å². The smallest absolute Gasteiger partial charge is 0.193 e. The van der Waals surface area contributed by atoms with Crippen LogP contribution in [0, 0.1) is 0 Å². The quantitative estimate of drug-likeness (QED) is 0.654. The average Bonchev–Trinajstić information content (AvgIpc) is 3.13. The van der Waals surface area contributed by atoms with Crippen LogP contribution in [0.1, 0.15) is 11.3 Å². The van der Waals surface area contributed by atoms with Gasteiger partial charge in [0.2, 0.25) is 0 Å². The average molecular weight is 362 g/mol. The monoisotopic (exact) mass is 361 g/mol. The number of nitrogens with one attached hydrogen (secondary N) is 1. The maximum Gasteiger partial charge on any atom is 0.193 e. The van der Waals surface area contributed by atoms with Gasteiger partial charge in [0.05, 0.1) is 5.69 Å². The molecule has 1 N–H and O–H groups in total. The fourth-order valence-corrected chi connectivity index (χ4v) is 3.22. The molecule has 0 aliphatic carbocycles. The van der Waals surface area contributed by atoms with Crippen LogP contribution >= 0.6 is 11.6 Å². The van der Waals surface area contributed by atoms with Gasteiger partial charge in [0.25, 0.3) is 0 Å². The molecule has 7 heteroatoms. The lowest BCUT2D eigenvalue weighted by Gasteiger charge is -2.36. The van der Waals surface area contributed by atoms with Gasteiger partial charge in [0.1, 0.15) is 6.26 Å². The third-order valence-corrected chi connectivity index (χ3v) is 4.58. The van der Waals surface area contributed by atoms with Gasteiger partial charge in [0.15, 0.2) is 5.96 Å². The van der Waals surface area contributed by atoms with Crippen molar-refractivity contribution in [1.29, 1.82) is 0 Å². The molecule has 1 saturated heterocycles. The first-order chi connectivity index (χ1) is 12.2. The summed E-state index contributed by atoms with van der Waals surface area (Å²) in [6, 6.07) is 9.91. The molecule has 1 aliphatic rings. The van der Waals surface area contributed by atoms with Gasteiger partial charge in [-0.15, -0.1) is 0 Å². The molecule has 1 fully saturated rings. The SMILES string of the molecule is CN=C(NCCc1cccc(Cl)c1)N1CCN(Cc2ccon2)CC1. The Morgan fingerprint density at radius 2 is 2.12 bits per heavy atom. The maximum absolute atomic E-state index is 6.03. The molecule has 6 nitrogen and oxygen atoms in total. The molecule has 0 saturated carbocycles. The third kappa shape index (κ3) is 5.21. The number of aliphatic imine (C=N–C) groups is 1. The molecule has 134 valence electrons. The van der Waals surface area contributed by atoms with Gasteiger partial charge in [-0.05, 0) is 24.1 Å². The van der Waals surface area contributed by atoms with Gasteiger partial charge in [-0.3, -0.25) is 9.89 Å². The Morgan fingerprint density at radius 1 is 1.28 bits per heavy atom. The molecule has 0 spiro atoms. The molecule has 25 heavy (non-hydrogen) atoms. The van der Waals surface area contributed by atoms with Crippen LogP contribution in [0.3, 0.4) is 0 Å². The van der Waals surface area contributed by atoms with Crippen molar-refractivity contribution < 1.29 is 4.52 Å². The van der Waals surface area contributed by atoms with Crippen LogP contribution in [0.15, 0.2) is 46.1 Å². The van der Waals surface area contributed by atoms with E-state index in [0.29, 0.717) is 0 Å². The highest BCUT2D eigenvalue weighted by Crippen LogP contribution is 2.11. The van der Waals surface area contributed by atoms with E-state index in [0.717, 1.165) is 62.4 Å². The molecule has 0 unspecified atom stereocenters. The Morgan fingerprint density at radius 3 is 2.80 bits per heavy atom. The summed E-state index contributed by atoms with van der Waals surface area (Å²) in [6.45, 7) is 5.56. The second-order valence-electron chi connectivity index (χ2n) is 6.11. The molecule has 0 bridgehead atoms. The number of hydrogen-bond donors (Lipinski definition) is 1. The molecule has 2 aromatic rings. The predicted octanol–water partition coefficient (Wildman–Crippen LogP) is 2.26. The molecule has 2 heterocycles. The highest BCUT2D eigenvalue weighted by Gasteiger charge is 2.20. The van der Waals surface area contributed by atoms with E-state index >= 15 is 0 Å². The van der Waals surface area contributed by atoms with Crippen LogP contribution in [0.4, 0.5) is 0 Å². The lowest BCUT2D eigenvalue weighted by atomic mass is 10.1. The number of guanidine groups is 1. The summed E-state index contributed by atoms with van der Waals surface area (Å²) in [5, 5.41) is 8.22. The number of halogens is 1. The van der Waals surface area contributed by atoms with Crippen LogP contribution in [0.2, 0.25) is 5.02 Å². The van der Waals surface area contributed by atoms with Gasteiger partial charge in [0, 0.05) is 57.4 Å². The van der Waals surface area contributed by atoms with Crippen LogP contribution in [-0.4, -0.2) is 60.7 Å². The van der Waals surface area contributed by atoms with Crippen LogP contribution < -0.4 is 5.32 Å². The molecular weight excluding hydrogens is 338 g/mol. The van der Waals surface area contributed by atoms with E-state index in [1.54, 1.807) is 6.26 Å². The predicted molar refractivity (Wildman–Crippen MR) is 99.9 cm³/mol. The summed E-state index contributed by atoms with van der Waals surface area (Å²) in [4.78, 5) is 9.11. The van der Waals surface area contributed by atoms with Crippen molar-refractivity contribution in [1.82, 2.24) is 20.3 Å². The molecule has 1 aliphatic heterocycles. The number of rotatable bonds is 5. The second-order valence-corrected chi connectivity index (χ2v) is 6.54. The number of piperazine rings is 1. The van der Waals surface area contributed by atoms with E-state index in [2.05, 4.69) is 31.3 Å². The highest BCUT2D eigenvalue weighted by molar-refractivity contribution is 6.30. The van der Waals surface area contributed by atoms with Crippen LogP contribution in [0.5, 0.6) is 0 Å². The Labute approximate surface area is 153 Å². The number of nitrogens with zero attached hydrogens (tertiary/aromatic N) is 4. The summed E-state index contributed by atoms with van der Waals surface area (Å²) < 4.78 is 4.90. The first-order valence-electron chi connectivity index (χ1n) is 8.56. The minimum atomic E-state index is 0.783. The van der Waals surface area contributed by atoms with Crippen molar-refractivity contribution in [2.24, 2.45) is 4.99 Å². The summed E-state index contributed by atoms with van der Waals surface area (Å²) in [5.41, 5.74) is 2.21. The van der Waals surface area contributed by atoms with E-state index in [1.807, 2.05) is 31.3 Å². The molecule has 1 aromatic carbocycles. The standard InChI is InChI=1S/C18H24ClN5O/c1-20-18(21-7-5-15-3-2-4-16(19)13-15)24-10-8-23(9-11-24)14-17-6-12-25-22-17/h2-4,6,12-13H,5,7-11,14H2,1H3,(H,20,21). The topological polar surface area (TPSA) is 56.9 Å². The maximum atomic E-state index is 6.03. The normalized spacial score (nSPS) is 16.2. The number of benzene rings is 1. The molecule has 3 rings (SSSR count). The van der Waals surface area contributed by atoms with Crippen LogP contribution in [0.25, 0.3) is 0 Å². The Balaban J connectivity index is 1.43. The number of aromatic nitrogens is 1. The third-order valence-electron chi connectivity index (χ3n) is 4.35. The first kappa shape index (κ1) is 17.8. The van der Waals surface area contributed by atoms with E-state index in [-0.39, 0.29) is 0 Å². The van der Waals surface area contributed by atoms with Gasteiger partial charge in [-0.25, -0.2) is 0 Å². The van der Waals surface area contributed by atoms with Crippen molar-refractivity contribution in [3.8, 4) is 0 Å². The summed E-state index contributed by atoms with van der Waals surface area (Å²) in [7, 11) is 1.84. The van der Waals surface area contributed by atoms with E-state index in [4.69, 9.17) is 16.1 Å². The van der Waals surface area contributed by atoms with Gasteiger partial charge in [-0.1, -0.05) is 28.9 Å². The zero-order chi connectivity index (χ0) is 17.5. The fourth-order valence-electron chi connectivity index (χ4n) is 3.01.